The molecule has 3 aliphatic rings. The van der Waals surface area contributed by atoms with Crippen molar-refractivity contribution in [1.82, 2.24) is 14.8 Å². The second-order valence-corrected chi connectivity index (χ2v) is 10.9. The molecule has 1 aromatic carbocycles. The minimum atomic E-state index is -0.563. The van der Waals surface area contributed by atoms with Crippen LogP contribution in [0.15, 0.2) is 48.8 Å². The number of rotatable bonds is 6. The van der Waals surface area contributed by atoms with Crippen molar-refractivity contribution >= 4 is 5.78 Å². The Morgan fingerprint density at radius 1 is 1.08 bits per heavy atom. The molecule has 36 heavy (non-hydrogen) atoms. The van der Waals surface area contributed by atoms with Crippen LogP contribution in [0.25, 0.3) is 5.69 Å². The molecule has 3 aromatic rings. The van der Waals surface area contributed by atoms with E-state index in [2.05, 4.69) is 40.4 Å². The highest BCUT2D eigenvalue weighted by molar-refractivity contribution is 5.98. The molecule has 3 fully saturated rings. The van der Waals surface area contributed by atoms with Crippen molar-refractivity contribution in [3.05, 3.63) is 76.9 Å². The van der Waals surface area contributed by atoms with E-state index in [1.165, 1.54) is 18.4 Å². The van der Waals surface area contributed by atoms with Gasteiger partial charge < -0.3 is 4.74 Å². The Hall–Kier alpha value is -3.30. The lowest BCUT2D eigenvalue weighted by Gasteiger charge is -2.40. The summed E-state index contributed by atoms with van der Waals surface area (Å²) in [6.07, 6.45) is 11.8. The van der Waals surface area contributed by atoms with Crippen molar-refractivity contribution < 1.29 is 9.53 Å². The summed E-state index contributed by atoms with van der Waals surface area (Å²) in [5.41, 5.74) is 4.91. The first kappa shape index (κ1) is 23.1. The highest BCUT2D eigenvalue weighted by atomic mass is 16.5. The molecule has 2 saturated carbocycles. The Morgan fingerprint density at radius 2 is 1.86 bits per heavy atom. The third-order valence-electron chi connectivity index (χ3n) is 8.59. The maximum Gasteiger partial charge on any atom is 0.170 e. The number of pyridine rings is 1. The van der Waals surface area contributed by atoms with Crippen LogP contribution >= 0.6 is 0 Å². The standard InChI is InChI=1S/C30H32N4O2/c1-21-26(19-33-34(21)25-8-6-24(7-9-25)23-4-5-23)27(35)17-22-3-10-28(32-18-22)29(20-31)12-14-30(15-13-29)11-2-16-36-30/h3,6-10,18-19,23H,2,4-5,11-17H2,1H3. The predicted octanol–water partition coefficient (Wildman–Crippen LogP) is 5.76. The normalized spacial score (nSPS) is 25.7. The first-order valence-electron chi connectivity index (χ1n) is 13.2. The van der Waals surface area contributed by atoms with E-state index >= 15 is 0 Å². The molecule has 0 amide bonds. The van der Waals surface area contributed by atoms with E-state index in [9.17, 15) is 10.1 Å². The number of carbonyl (C=O) groups excluding carboxylic acids is 1. The Labute approximate surface area is 212 Å². The number of benzene rings is 1. The molecule has 6 nitrogen and oxygen atoms in total. The fourth-order valence-corrected chi connectivity index (χ4v) is 6.05. The first-order valence-corrected chi connectivity index (χ1v) is 13.2. The summed E-state index contributed by atoms with van der Waals surface area (Å²) in [6.45, 7) is 2.78. The van der Waals surface area contributed by atoms with E-state index < -0.39 is 5.41 Å². The van der Waals surface area contributed by atoms with Crippen molar-refractivity contribution in [2.45, 2.75) is 81.6 Å². The third kappa shape index (κ3) is 4.16. The molecule has 0 unspecified atom stereocenters. The summed E-state index contributed by atoms with van der Waals surface area (Å²) in [7, 11) is 0. The molecule has 6 rings (SSSR count). The van der Waals surface area contributed by atoms with E-state index in [4.69, 9.17) is 4.74 Å². The zero-order chi connectivity index (χ0) is 24.8. The number of ketones is 1. The largest absolute Gasteiger partial charge is 0.375 e. The van der Waals surface area contributed by atoms with Gasteiger partial charge in [0.1, 0.15) is 0 Å². The van der Waals surface area contributed by atoms with Gasteiger partial charge in [-0.05, 0) is 93.5 Å². The molecule has 6 heteroatoms. The minimum Gasteiger partial charge on any atom is -0.375 e. The van der Waals surface area contributed by atoms with Crippen LogP contribution < -0.4 is 0 Å². The van der Waals surface area contributed by atoms with Gasteiger partial charge in [-0.1, -0.05) is 18.2 Å². The second-order valence-electron chi connectivity index (χ2n) is 10.9. The average molecular weight is 481 g/mol. The Kier molecular flexibility index (Phi) is 5.76. The van der Waals surface area contributed by atoms with Gasteiger partial charge in [0.05, 0.1) is 45.9 Å². The number of ether oxygens (including phenoxy) is 1. The summed E-state index contributed by atoms with van der Waals surface area (Å²) in [4.78, 5) is 17.8. The van der Waals surface area contributed by atoms with Crippen LogP contribution in [-0.4, -0.2) is 32.8 Å². The number of nitrogens with zero attached hydrogens (tertiary/aromatic N) is 4. The van der Waals surface area contributed by atoms with Crippen LogP contribution in [-0.2, 0) is 16.6 Å². The maximum absolute atomic E-state index is 13.1. The summed E-state index contributed by atoms with van der Waals surface area (Å²) in [5.74, 6) is 0.741. The van der Waals surface area contributed by atoms with Crippen molar-refractivity contribution in [2.75, 3.05) is 6.61 Å². The number of aromatic nitrogens is 3. The van der Waals surface area contributed by atoms with Gasteiger partial charge in [0.2, 0.25) is 0 Å². The number of carbonyl (C=O) groups is 1. The number of hydrogen-bond acceptors (Lipinski definition) is 5. The van der Waals surface area contributed by atoms with E-state index in [1.54, 1.807) is 12.4 Å². The summed E-state index contributed by atoms with van der Waals surface area (Å²) in [5, 5.41) is 14.6. The molecule has 2 aliphatic carbocycles. The van der Waals surface area contributed by atoms with Gasteiger partial charge in [-0.3, -0.25) is 9.78 Å². The van der Waals surface area contributed by atoms with Gasteiger partial charge in [0.25, 0.3) is 0 Å². The number of nitriles is 1. The topological polar surface area (TPSA) is 80.8 Å². The lowest BCUT2D eigenvalue weighted by molar-refractivity contribution is -0.0347. The molecule has 0 N–H and O–H groups in total. The highest BCUT2D eigenvalue weighted by Gasteiger charge is 2.46. The monoisotopic (exact) mass is 480 g/mol. The molecule has 184 valence electrons. The van der Waals surface area contributed by atoms with Gasteiger partial charge in [-0.2, -0.15) is 10.4 Å². The van der Waals surface area contributed by atoms with E-state index in [0.29, 0.717) is 11.5 Å². The molecule has 1 spiro atoms. The quantitative estimate of drug-likeness (QED) is 0.419. The van der Waals surface area contributed by atoms with E-state index in [0.717, 1.165) is 67.8 Å². The van der Waals surface area contributed by atoms with Crippen LogP contribution in [0.3, 0.4) is 0 Å². The van der Waals surface area contributed by atoms with Crippen LogP contribution in [0.1, 0.15) is 90.2 Å². The fourth-order valence-electron chi connectivity index (χ4n) is 6.05. The first-order chi connectivity index (χ1) is 17.5. The lowest BCUT2D eigenvalue weighted by Crippen LogP contribution is -2.40. The van der Waals surface area contributed by atoms with Crippen LogP contribution in [0.2, 0.25) is 0 Å². The molecular formula is C30H32N4O2. The third-order valence-corrected chi connectivity index (χ3v) is 8.59. The molecule has 1 aliphatic heterocycles. The molecule has 0 radical (unpaired) electrons. The summed E-state index contributed by atoms with van der Waals surface area (Å²) in [6, 6.07) is 15.0. The van der Waals surface area contributed by atoms with Gasteiger partial charge in [-0.15, -0.1) is 0 Å². The summed E-state index contributed by atoms with van der Waals surface area (Å²) < 4.78 is 7.88. The van der Waals surface area contributed by atoms with Gasteiger partial charge in [0, 0.05) is 19.2 Å². The average Bonchev–Trinajstić information content (AvgIpc) is 3.55. The summed E-state index contributed by atoms with van der Waals surface area (Å²) >= 11 is 0. The highest BCUT2D eigenvalue weighted by Crippen LogP contribution is 2.47. The Balaban J connectivity index is 1.14. The van der Waals surface area contributed by atoms with E-state index in [-0.39, 0.29) is 17.8 Å². The molecule has 2 aromatic heterocycles. The molecule has 0 atom stereocenters. The molecule has 1 saturated heterocycles. The fraction of sp³-hybridized carbons (Fsp3) is 0.467. The predicted molar refractivity (Wildman–Crippen MR) is 136 cm³/mol. The SMILES string of the molecule is Cc1c(C(=O)Cc2ccc(C3(C#N)CCC4(CCCO4)CC3)nc2)cnn1-c1ccc(C2CC2)cc1. The molecule has 3 heterocycles. The lowest BCUT2D eigenvalue weighted by atomic mass is 9.67. The van der Waals surface area contributed by atoms with Gasteiger partial charge in [-0.25, -0.2) is 4.68 Å². The van der Waals surface area contributed by atoms with E-state index in [1.807, 2.05) is 23.7 Å². The number of Topliss-reactive ketones (excluding diaryl/α,β-unsaturated/α-hetero) is 1. The zero-order valence-electron chi connectivity index (χ0n) is 20.9. The maximum atomic E-state index is 13.1. The second kappa shape index (κ2) is 8.97. The van der Waals surface area contributed by atoms with Gasteiger partial charge >= 0.3 is 0 Å². The number of hydrogen-bond donors (Lipinski definition) is 0. The van der Waals surface area contributed by atoms with Crippen molar-refractivity contribution in [3.63, 3.8) is 0 Å². The van der Waals surface area contributed by atoms with Crippen molar-refractivity contribution in [3.8, 4) is 11.8 Å². The van der Waals surface area contributed by atoms with Crippen LogP contribution in [0.5, 0.6) is 0 Å². The van der Waals surface area contributed by atoms with Crippen LogP contribution in [0.4, 0.5) is 0 Å². The smallest absolute Gasteiger partial charge is 0.170 e. The minimum absolute atomic E-state index is 0.0196. The molecule has 0 bridgehead atoms. The van der Waals surface area contributed by atoms with Crippen molar-refractivity contribution in [1.29, 1.82) is 5.26 Å². The van der Waals surface area contributed by atoms with Gasteiger partial charge in [0.15, 0.2) is 5.78 Å². The van der Waals surface area contributed by atoms with Crippen LogP contribution in [0, 0.1) is 18.3 Å². The Bertz CT molecular complexity index is 1300. The molecular weight excluding hydrogens is 448 g/mol. The van der Waals surface area contributed by atoms with Crippen molar-refractivity contribution in [2.24, 2.45) is 0 Å². The zero-order valence-corrected chi connectivity index (χ0v) is 20.9. The Morgan fingerprint density at radius 3 is 2.47 bits per heavy atom.